The summed E-state index contributed by atoms with van der Waals surface area (Å²) in [6, 6.07) is 3.98. The van der Waals surface area contributed by atoms with Crippen molar-refractivity contribution >= 4 is 11.3 Å². The van der Waals surface area contributed by atoms with Gasteiger partial charge in [-0.15, -0.1) is 11.3 Å². The van der Waals surface area contributed by atoms with Crippen LogP contribution in [0.2, 0.25) is 0 Å². The molecule has 21 heavy (non-hydrogen) atoms. The predicted molar refractivity (Wildman–Crippen MR) is 87.6 cm³/mol. The lowest BCUT2D eigenvalue weighted by atomic mass is 10.2. The summed E-state index contributed by atoms with van der Waals surface area (Å²) >= 11 is 1.71. The molecule has 0 saturated carbocycles. The highest BCUT2D eigenvalue weighted by molar-refractivity contribution is 7.09. The zero-order chi connectivity index (χ0) is 14.9. The van der Waals surface area contributed by atoms with Crippen molar-refractivity contribution < 1.29 is 4.74 Å². The highest BCUT2D eigenvalue weighted by atomic mass is 32.1. The molecule has 0 atom stereocenters. The second kappa shape index (κ2) is 8.87. The highest BCUT2D eigenvalue weighted by Gasteiger charge is 2.04. The molecule has 0 unspecified atom stereocenters. The Hall–Kier alpha value is -1.30. The molecule has 2 rings (SSSR count). The maximum absolute atomic E-state index is 5.50. The third-order valence-corrected chi connectivity index (χ3v) is 3.88. The molecule has 2 aromatic heterocycles. The van der Waals surface area contributed by atoms with E-state index >= 15 is 0 Å². The van der Waals surface area contributed by atoms with Gasteiger partial charge in [-0.1, -0.05) is 0 Å². The molecule has 5 heteroatoms. The first-order valence-electron chi connectivity index (χ1n) is 7.43. The van der Waals surface area contributed by atoms with E-state index in [9.17, 15) is 0 Å². The van der Waals surface area contributed by atoms with E-state index in [2.05, 4.69) is 34.5 Å². The number of rotatable bonds is 9. The van der Waals surface area contributed by atoms with Crippen LogP contribution in [0.25, 0.3) is 11.3 Å². The van der Waals surface area contributed by atoms with Gasteiger partial charge in [0.15, 0.2) is 0 Å². The molecule has 2 aromatic rings. The van der Waals surface area contributed by atoms with Gasteiger partial charge in [-0.05, 0) is 38.9 Å². The number of nitrogens with zero attached hydrogens (tertiary/aromatic N) is 2. The van der Waals surface area contributed by atoms with Crippen LogP contribution in [-0.2, 0) is 11.2 Å². The zero-order valence-corrected chi connectivity index (χ0v) is 13.5. The molecule has 4 nitrogen and oxygen atoms in total. The molecule has 0 aromatic carbocycles. The molecule has 0 radical (unpaired) electrons. The Morgan fingerprint density at radius 1 is 1.33 bits per heavy atom. The Balaban J connectivity index is 1.65. The van der Waals surface area contributed by atoms with E-state index < -0.39 is 0 Å². The van der Waals surface area contributed by atoms with E-state index in [1.807, 2.05) is 18.3 Å². The van der Waals surface area contributed by atoms with Gasteiger partial charge in [0.2, 0.25) is 0 Å². The van der Waals surface area contributed by atoms with E-state index in [0.717, 1.165) is 43.8 Å². The molecule has 0 bridgehead atoms. The minimum absolute atomic E-state index is 0.325. The molecule has 1 N–H and O–H groups in total. The van der Waals surface area contributed by atoms with Crippen LogP contribution >= 0.6 is 11.3 Å². The van der Waals surface area contributed by atoms with Gasteiger partial charge < -0.3 is 10.1 Å². The predicted octanol–water partition coefficient (Wildman–Crippen LogP) is 3.15. The largest absolute Gasteiger partial charge is 0.379 e. The van der Waals surface area contributed by atoms with Crippen LogP contribution in [-0.4, -0.2) is 35.8 Å². The van der Waals surface area contributed by atoms with Crippen molar-refractivity contribution in [1.82, 2.24) is 15.3 Å². The van der Waals surface area contributed by atoms with Crippen molar-refractivity contribution in [1.29, 1.82) is 0 Å². The van der Waals surface area contributed by atoms with Gasteiger partial charge in [0, 0.05) is 42.9 Å². The van der Waals surface area contributed by atoms with Crippen LogP contribution in [0.3, 0.4) is 0 Å². The van der Waals surface area contributed by atoms with Crippen molar-refractivity contribution in [2.24, 2.45) is 0 Å². The number of hydrogen-bond acceptors (Lipinski definition) is 5. The van der Waals surface area contributed by atoms with E-state index in [-0.39, 0.29) is 0 Å². The van der Waals surface area contributed by atoms with E-state index in [4.69, 9.17) is 4.74 Å². The summed E-state index contributed by atoms with van der Waals surface area (Å²) in [5, 5.41) is 6.70. The monoisotopic (exact) mass is 305 g/mol. The summed E-state index contributed by atoms with van der Waals surface area (Å²) < 4.78 is 5.50. The number of nitrogens with one attached hydrogen (secondary N) is 1. The van der Waals surface area contributed by atoms with E-state index in [1.165, 1.54) is 5.01 Å². The summed E-state index contributed by atoms with van der Waals surface area (Å²) in [4.78, 5) is 8.78. The Morgan fingerprint density at radius 2 is 2.24 bits per heavy atom. The molecule has 0 aliphatic heterocycles. The molecule has 0 spiro atoms. The van der Waals surface area contributed by atoms with Crippen LogP contribution in [0.15, 0.2) is 29.9 Å². The van der Waals surface area contributed by atoms with Crippen molar-refractivity contribution in [3.63, 3.8) is 0 Å². The molecule has 0 amide bonds. The zero-order valence-electron chi connectivity index (χ0n) is 12.7. The van der Waals surface area contributed by atoms with Gasteiger partial charge in [-0.25, -0.2) is 4.98 Å². The first-order chi connectivity index (χ1) is 10.3. The fourth-order valence-electron chi connectivity index (χ4n) is 1.91. The minimum Gasteiger partial charge on any atom is -0.379 e. The van der Waals surface area contributed by atoms with Gasteiger partial charge in [-0.2, -0.15) is 0 Å². The fraction of sp³-hybridized carbons (Fsp3) is 0.500. The lowest BCUT2D eigenvalue weighted by Gasteiger charge is -2.07. The molecule has 0 aliphatic rings. The SMILES string of the molecule is CC(C)OCCCNCCc1nc(-c2cccnc2)cs1. The molecule has 2 heterocycles. The number of aromatic nitrogens is 2. The van der Waals surface area contributed by atoms with Crippen LogP contribution in [0.5, 0.6) is 0 Å². The first-order valence-corrected chi connectivity index (χ1v) is 8.31. The van der Waals surface area contributed by atoms with Gasteiger partial charge in [0.05, 0.1) is 16.8 Å². The van der Waals surface area contributed by atoms with Gasteiger partial charge in [0.25, 0.3) is 0 Å². The van der Waals surface area contributed by atoms with Crippen molar-refractivity contribution in [3.8, 4) is 11.3 Å². The van der Waals surface area contributed by atoms with Crippen molar-refractivity contribution in [2.75, 3.05) is 19.7 Å². The van der Waals surface area contributed by atoms with E-state index in [0.29, 0.717) is 6.10 Å². The lowest BCUT2D eigenvalue weighted by molar-refractivity contribution is 0.0771. The topological polar surface area (TPSA) is 47.0 Å². The number of thiazole rings is 1. The van der Waals surface area contributed by atoms with Crippen LogP contribution in [0.1, 0.15) is 25.3 Å². The van der Waals surface area contributed by atoms with Crippen LogP contribution < -0.4 is 5.32 Å². The second-order valence-corrected chi connectivity index (χ2v) is 6.08. The smallest absolute Gasteiger partial charge is 0.0945 e. The average molecular weight is 305 g/mol. The fourth-order valence-corrected chi connectivity index (χ4v) is 2.72. The van der Waals surface area contributed by atoms with Crippen LogP contribution in [0, 0.1) is 0 Å². The standard InChI is InChI=1S/C16H23N3OS/c1-13(2)20-10-4-8-17-9-6-16-19-15(12-21-16)14-5-3-7-18-11-14/h3,5,7,11-13,17H,4,6,8-10H2,1-2H3. The summed E-state index contributed by atoms with van der Waals surface area (Å²) in [7, 11) is 0. The second-order valence-electron chi connectivity index (χ2n) is 5.14. The molecule has 0 aliphatic carbocycles. The van der Waals surface area contributed by atoms with E-state index in [1.54, 1.807) is 17.5 Å². The maximum atomic E-state index is 5.50. The number of pyridine rings is 1. The Morgan fingerprint density at radius 3 is 3.00 bits per heavy atom. The molecule has 114 valence electrons. The Bertz CT molecular complexity index is 513. The molecule has 0 fully saturated rings. The van der Waals surface area contributed by atoms with Gasteiger partial charge >= 0.3 is 0 Å². The normalized spacial score (nSPS) is 11.2. The Labute approximate surface area is 130 Å². The third kappa shape index (κ3) is 5.91. The number of ether oxygens (including phenoxy) is 1. The first kappa shape index (κ1) is 16.1. The molecular formula is C16H23N3OS. The lowest BCUT2D eigenvalue weighted by Crippen LogP contribution is -2.20. The summed E-state index contributed by atoms with van der Waals surface area (Å²) in [5.41, 5.74) is 2.10. The quantitative estimate of drug-likeness (QED) is 0.723. The minimum atomic E-state index is 0.325. The maximum Gasteiger partial charge on any atom is 0.0945 e. The van der Waals surface area contributed by atoms with Gasteiger partial charge in [0.1, 0.15) is 0 Å². The van der Waals surface area contributed by atoms with Crippen molar-refractivity contribution in [3.05, 3.63) is 34.9 Å². The van der Waals surface area contributed by atoms with Crippen molar-refractivity contribution in [2.45, 2.75) is 32.8 Å². The highest BCUT2D eigenvalue weighted by Crippen LogP contribution is 2.20. The summed E-state index contributed by atoms with van der Waals surface area (Å²) in [6.07, 6.45) is 5.98. The average Bonchev–Trinajstić information content (AvgIpc) is 2.96. The summed E-state index contributed by atoms with van der Waals surface area (Å²) in [6.45, 7) is 6.91. The summed E-state index contributed by atoms with van der Waals surface area (Å²) in [5.74, 6) is 0. The molecular weight excluding hydrogens is 282 g/mol. The number of hydrogen-bond donors (Lipinski definition) is 1. The third-order valence-electron chi connectivity index (χ3n) is 2.97. The van der Waals surface area contributed by atoms with Crippen LogP contribution in [0.4, 0.5) is 0 Å². The Kier molecular flexibility index (Phi) is 6.79. The molecule has 0 saturated heterocycles. The van der Waals surface area contributed by atoms with Gasteiger partial charge in [-0.3, -0.25) is 4.98 Å².